The fraction of sp³-hybridized carbons (Fsp3) is 0.333. The minimum absolute atomic E-state index is 0.739. The van der Waals surface area contributed by atoms with Crippen molar-refractivity contribution in [2.24, 2.45) is 5.73 Å². The number of hydrogen-bond donors (Lipinski definition) is 2. The minimum Gasteiger partial charge on any atom is -0.497 e. The molecule has 0 saturated heterocycles. The van der Waals surface area contributed by atoms with E-state index in [1.54, 1.807) is 7.11 Å². The fourth-order valence-corrected chi connectivity index (χ4v) is 1.79. The molecule has 0 radical (unpaired) electrons. The molecule has 0 aliphatic heterocycles. The molecule has 0 amide bonds. The number of H-pyrrole nitrogens is 1. The van der Waals surface area contributed by atoms with Gasteiger partial charge in [0.2, 0.25) is 0 Å². The van der Waals surface area contributed by atoms with Gasteiger partial charge in [-0.3, -0.25) is 0 Å². The second kappa shape index (κ2) is 4.36. The first-order valence-corrected chi connectivity index (χ1v) is 5.19. The Kier molecular flexibility index (Phi) is 2.92. The second-order valence-electron chi connectivity index (χ2n) is 3.62. The molecule has 3 nitrogen and oxygen atoms in total. The van der Waals surface area contributed by atoms with Gasteiger partial charge in [0.15, 0.2) is 0 Å². The lowest BCUT2D eigenvalue weighted by Crippen LogP contribution is -1.99. The van der Waals surface area contributed by atoms with Gasteiger partial charge in [-0.1, -0.05) is 0 Å². The largest absolute Gasteiger partial charge is 0.497 e. The zero-order valence-corrected chi connectivity index (χ0v) is 8.92. The molecule has 0 aliphatic rings. The van der Waals surface area contributed by atoms with Crippen molar-refractivity contribution in [3.05, 3.63) is 30.0 Å². The first-order valence-electron chi connectivity index (χ1n) is 5.19. The molecule has 2 aromatic rings. The molecule has 1 aromatic carbocycles. The number of aromatic nitrogens is 1. The van der Waals surface area contributed by atoms with Crippen molar-refractivity contribution in [1.82, 2.24) is 4.98 Å². The minimum atomic E-state index is 0.739. The number of rotatable bonds is 4. The number of benzene rings is 1. The third-order valence-corrected chi connectivity index (χ3v) is 2.62. The molecule has 80 valence electrons. The van der Waals surface area contributed by atoms with E-state index < -0.39 is 0 Å². The Labute approximate surface area is 89.2 Å². The number of nitrogens with one attached hydrogen (secondary N) is 1. The first-order chi connectivity index (χ1) is 7.35. The van der Waals surface area contributed by atoms with Gasteiger partial charge in [-0.15, -0.1) is 0 Å². The molecular formula is C12H16N2O. The SMILES string of the molecule is COc1ccc2c(CCCN)c[nH]c2c1. The standard InChI is InChI=1S/C12H16N2O/c1-15-10-4-5-11-9(3-2-6-13)8-14-12(11)7-10/h4-5,7-8,14H,2-3,6,13H2,1H3. The van der Waals surface area contributed by atoms with Crippen LogP contribution in [-0.2, 0) is 6.42 Å². The summed E-state index contributed by atoms with van der Waals surface area (Å²) in [4.78, 5) is 3.25. The van der Waals surface area contributed by atoms with E-state index in [9.17, 15) is 0 Å². The van der Waals surface area contributed by atoms with Crippen LogP contribution in [0, 0.1) is 0 Å². The zero-order chi connectivity index (χ0) is 10.7. The number of methoxy groups -OCH3 is 1. The van der Waals surface area contributed by atoms with Crippen LogP contribution >= 0.6 is 0 Å². The highest BCUT2D eigenvalue weighted by molar-refractivity contribution is 5.84. The third kappa shape index (κ3) is 1.97. The lowest BCUT2D eigenvalue weighted by Gasteiger charge is -2.00. The van der Waals surface area contributed by atoms with Crippen LogP contribution in [0.15, 0.2) is 24.4 Å². The molecule has 15 heavy (non-hydrogen) atoms. The Hall–Kier alpha value is -1.48. The van der Waals surface area contributed by atoms with E-state index in [2.05, 4.69) is 17.2 Å². The predicted octanol–water partition coefficient (Wildman–Crippen LogP) is 2.07. The molecule has 0 aliphatic carbocycles. The molecule has 1 heterocycles. The van der Waals surface area contributed by atoms with Crippen molar-refractivity contribution in [3.8, 4) is 5.75 Å². The molecule has 3 heteroatoms. The summed E-state index contributed by atoms with van der Waals surface area (Å²) in [5, 5.41) is 1.27. The molecule has 0 fully saturated rings. The number of aromatic amines is 1. The van der Waals surface area contributed by atoms with Gasteiger partial charge in [-0.2, -0.15) is 0 Å². The Morgan fingerprint density at radius 2 is 2.27 bits per heavy atom. The second-order valence-corrected chi connectivity index (χ2v) is 3.62. The number of fused-ring (bicyclic) bond motifs is 1. The fourth-order valence-electron chi connectivity index (χ4n) is 1.79. The molecule has 3 N–H and O–H groups in total. The van der Waals surface area contributed by atoms with Gasteiger partial charge in [0, 0.05) is 23.2 Å². The predicted molar refractivity (Wildman–Crippen MR) is 62.2 cm³/mol. The Balaban J connectivity index is 2.34. The van der Waals surface area contributed by atoms with Gasteiger partial charge in [-0.05, 0) is 37.1 Å². The molecule has 0 unspecified atom stereocenters. The summed E-state index contributed by atoms with van der Waals surface area (Å²) in [5.41, 5.74) is 7.96. The Bertz CT molecular complexity index is 448. The van der Waals surface area contributed by atoms with E-state index in [1.807, 2.05) is 12.1 Å². The number of ether oxygens (including phenoxy) is 1. The van der Waals surface area contributed by atoms with Gasteiger partial charge >= 0.3 is 0 Å². The summed E-state index contributed by atoms with van der Waals surface area (Å²) in [6.07, 6.45) is 4.11. The van der Waals surface area contributed by atoms with Crippen molar-refractivity contribution in [3.63, 3.8) is 0 Å². The maximum absolute atomic E-state index is 5.50. The van der Waals surface area contributed by atoms with Gasteiger partial charge in [0.05, 0.1) is 7.11 Å². The number of nitrogens with two attached hydrogens (primary N) is 1. The number of hydrogen-bond acceptors (Lipinski definition) is 2. The average molecular weight is 204 g/mol. The van der Waals surface area contributed by atoms with E-state index in [-0.39, 0.29) is 0 Å². The summed E-state index contributed by atoms with van der Waals surface area (Å²) in [5.74, 6) is 0.884. The number of aryl methyl sites for hydroxylation is 1. The molecule has 2 rings (SSSR count). The zero-order valence-electron chi connectivity index (χ0n) is 8.92. The molecule has 0 spiro atoms. The molecule has 1 aromatic heterocycles. The van der Waals surface area contributed by atoms with E-state index in [4.69, 9.17) is 10.5 Å². The van der Waals surface area contributed by atoms with Crippen molar-refractivity contribution in [1.29, 1.82) is 0 Å². The first kappa shape index (κ1) is 10.1. The smallest absolute Gasteiger partial charge is 0.120 e. The van der Waals surface area contributed by atoms with Crippen LogP contribution in [-0.4, -0.2) is 18.6 Å². The van der Waals surface area contributed by atoms with Crippen LogP contribution in [0.2, 0.25) is 0 Å². The van der Waals surface area contributed by atoms with Crippen molar-refractivity contribution >= 4 is 10.9 Å². The highest BCUT2D eigenvalue weighted by Gasteiger charge is 2.03. The van der Waals surface area contributed by atoms with Crippen LogP contribution in [0.1, 0.15) is 12.0 Å². The van der Waals surface area contributed by atoms with E-state index >= 15 is 0 Å². The topological polar surface area (TPSA) is 51.0 Å². The maximum Gasteiger partial charge on any atom is 0.120 e. The molecule has 0 atom stereocenters. The van der Waals surface area contributed by atoms with Gasteiger partial charge in [0.1, 0.15) is 5.75 Å². The molecule has 0 bridgehead atoms. The summed E-state index contributed by atoms with van der Waals surface area (Å²) in [6, 6.07) is 6.10. The van der Waals surface area contributed by atoms with Crippen LogP contribution in [0.3, 0.4) is 0 Å². The lowest BCUT2D eigenvalue weighted by atomic mass is 10.1. The summed E-state index contributed by atoms with van der Waals surface area (Å²) in [7, 11) is 1.68. The maximum atomic E-state index is 5.50. The van der Waals surface area contributed by atoms with Gasteiger partial charge in [0.25, 0.3) is 0 Å². The van der Waals surface area contributed by atoms with Crippen LogP contribution in [0.5, 0.6) is 5.75 Å². The normalized spacial score (nSPS) is 10.8. The van der Waals surface area contributed by atoms with Crippen LogP contribution in [0.25, 0.3) is 10.9 Å². The quantitative estimate of drug-likeness (QED) is 0.801. The van der Waals surface area contributed by atoms with Gasteiger partial charge < -0.3 is 15.5 Å². The van der Waals surface area contributed by atoms with E-state index in [1.165, 1.54) is 10.9 Å². The van der Waals surface area contributed by atoms with Crippen LogP contribution in [0.4, 0.5) is 0 Å². The van der Waals surface area contributed by atoms with E-state index in [0.717, 1.165) is 30.7 Å². The van der Waals surface area contributed by atoms with Gasteiger partial charge in [-0.25, -0.2) is 0 Å². The third-order valence-electron chi connectivity index (χ3n) is 2.62. The van der Waals surface area contributed by atoms with Crippen molar-refractivity contribution in [2.75, 3.05) is 13.7 Å². The van der Waals surface area contributed by atoms with Crippen molar-refractivity contribution < 1.29 is 4.74 Å². The summed E-state index contributed by atoms with van der Waals surface area (Å²) < 4.78 is 5.17. The highest BCUT2D eigenvalue weighted by atomic mass is 16.5. The average Bonchev–Trinajstić information content (AvgIpc) is 2.68. The van der Waals surface area contributed by atoms with Crippen molar-refractivity contribution in [2.45, 2.75) is 12.8 Å². The monoisotopic (exact) mass is 204 g/mol. The summed E-state index contributed by atoms with van der Waals surface area (Å²) in [6.45, 7) is 0.739. The van der Waals surface area contributed by atoms with Crippen LogP contribution < -0.4 is 10.5 Å². The molecular weight excluding hydrogens is 188 g/mol. The Morgan fingerprint density at radius 3 is 3.00 bits per heavy atom. The summed E-state index contributed by atoms with van der Waals surface area (Å²) >= 11 is 0. The highest BCUT2D eigenvalue weighted by Crippen LogP contribution is 2.23. The molecule has 0 saturated carbocycles. The Morgan fingerprint density at radius 1 is 1.40 bits per heavy atom. The lowest BCUT2D eigenvalue weighted by molar-refractivity contribution is 0.415. The van der Waals surface area contributed by atoms with E-state index in [0.29, 0.717) is 0 Å².